The molecule has 1 amide bonds. The number of rotatable bonds is 5. The summed E-state index contributed by atoms with van der Waals surface area (Å²) in [6.07, 6.45) is 2.15. The number of carbonyl (C=O) groups excluding carboxylic acids is 1. The van der Waals surface area contributed by atoms with E-state index in [0.29, 0.717) is 13.0 Å². The van der Waals surface area contributed by atoms with E-state index in [9.17, 15) is 4.79 Å². The summed E-state index contributed by atoms with van der Waals surface area (Å²) in [7, 11) is 0. The molecule has 0 bridgehead atoms. The van der Waals surface area contributed by atoms with Crippen molar-refractivity contribution in [3.05, 3.63) is 12.7 Å². The van der Waals surface area contributed by atoms with Crippen molar-refractivity contribution in [3.63, 3.8) is 0 Å². The third kappa shape index (κ3) is 4.56. The van der Waals surface area contributed by atoms with Crippen LogP contribution in [0.25, 0.3) is 0 Å². The zero-order chi connectivity index (χ0) is 8.69. The number of carbonyl (C=O) groups is 1. The molecule has 2 N–H and O–H groups in total. The predicted octanol–water partition coefficient (Wildman–Crippen LogP) is 0.307. The van der Waals surface area contributed by atoms with E-state index in [2.05, 4.69) is 11.9 Å². The molecule has 0 radical (unpaired) electrons. The van der Waals surface area contributed by atoms with Gasteiger partial charge in [0.25, 0.3) is 0 Å². The van der Waals surface area contributed by atoms with Crippen molar-refractivity contribution in [1.82, 2.24) is 5.32 Å². The first-order chi connectivity index (χ1) is 5.22. The van der Waals surface area contributed by atoms with Crippen LogP contribution in [0, 0.1) is 5.92 Å². The van der Waals surface area contributed by atoms with Gasteiger partial charge in [-0.15, -0.1) is 6.58 Å². The van der Waals surface area contributed by atoms with Crippen LogP contribution in [0.1, 0.15) is 13.3 Å². The Morgan fingerprint density at radius 1 is 1.82 bits per heavy atom. The first kappa shape index (κ1) is 10.2. The molecule has 0 spiro atoms. The van der Waals surface area contributed by atoms with Gasteiger partial charge in [0, 0.05) is 19.1 Å². The lowest BCUT2D eigenvalue weighted by Crippen LogP contribution is -2.29. The molecule has 0 saturated heterocycles. The van der Waals surface area contributed by atoms with E-state index in [1.807, 2.05) is 0 Å². The minimum atomic E-state index is -0.111. The van der Waals surface area contributed by atoms with Gasteiger partial charge in [-0.2, -0.15) is 0 Å². The van der Waals surface area contributed by atoms with Gasteiger partial charge in [0.2, 0.25) is 5.91 Å². The van der Waals surface area contributed by atoms with Gasteiger partial charge < -0.3 is 10.4 Å². The molecular formula is C8H15NO2. The third-order valence-corrected chi connectivity index (χ3v) is 1.43. The van der Waals surface area contributed by atoms with Crippen molar-refractivity contribution in [2.75, 3.05) is 13.2 Å². The zero-order valence-corrected chi connectivity index (χ0v) is 6.84. The monoisotopic (exact) mass is 157 g/mol. The lowest BCUT2D eigenvalue weighted by atomic mass is 10.1. The normalized spacial score (nSPS) is 12.2. The minimum Gasteiger partial charge on any atom is -0.396 e. The Labute approximate surface area is 67.1 Å². The second kappa shape index (κ2) is 5.92. The maximum atomic E-state index is 11.0. The van der Waals surface area contributed by atoms with E-state index in [-0.39, 0.29) is 18.4 Å². The van der Waals surface area contributed by atoms with Crippen LogP contribution in [0.4, 0.5) is 0 Å². The molecule has 1 unspecified atom stereocenters. The van der Waals surface area contributed by atoms with E-state index in [1.165, 1.54) is 0 Å². The molecule has 0 aliphatic rings. The van der Waals surface area contributed by atoms with Crippen LogP contribution in [0.3, 0.4) is 0 Å². The average molecular weight is 157 g/mol. The van der Waals surface area contributed by atoms with Crippen LogP contribution in [0.15, 0.2) is 12.7 Å². The SMILES string of the molecule is C=CCNC(=O)C(C)CCO. The highest BCUT2D eigenvalue weighted by Gasteiger charge is 2.09. The van der Waals surface area contributed by atoms with Crippen LogP contribution in [-0.4, -0.2) is 24.2 Å². The van der Waals surface area contributed by atoms with Crippen LogP contribution in [0.2, 0.25) is 0 Å². The second-order valence-corrected chi connectivity index (χ2v) is 2.45. The third-order valence-electron chi connectivity index (χ3n) is 1.43. The summed E-state index contributed by atoms with van der Waals surface area (Å²) in [4.78, 5) is 11.0. The van der Waals surface area contributed by atoms with E-state index >= 15 is 0 Å². The lowest BCUT2D eigenvalue weighted by molar-refractivity contribution is -0.124. The number of hydrogen-bond acceptors (Lipinski definition) is 2. The van der Waals surface area contributed by atoms with Gasteiger partial charge in [0.1, 0.15) is 0 Å². The maximum Gasteiger partial charge on any atom is 0.223 e. The zero-order valence-electron chi connectivity index (χ0n) is 6.84. The molecule has 0 saturated carbocycles. The molecule has 0 aliphatic heterocycles. The van der Waals surface area contributed by atoms with Gasteiger partial charge in [-0.25, -0.2) is 0 Å². The molecule has 3 heteroatoms. The highest BCUT2D eigenvalue weighted by atomic mass is 16.3. The first-order valence-corrected chi connectivity index (χ1v) is 3.71. The average Bonchev–Trinajstić information content (AvgIpc) is 2.00. The fourth-order valence-corrected chi connectivity index (χ4v) is 0.672. The summed E-state index contributed by atoms with van der Waals surface area (Å²) >= 11 is 0. The van der Waals surface area contributed by atoms with Gasteiger partial charge in [-0.05, 0) is 6.42 Å². The van der Waals surface area contributed by atoms with Gasteiger partial charge in [0.05, 0.1) is 0 Å². The quantitative estimate of drug-likeness (QED) is 0.564. The Hall–Kier alpha value is -0.830. The smallest absolute Gasteiger partial charge is 0.223 e. The van der Waals surface area contributed by atoms with Gasteiger partial charge in [-0.1, -0.05) is 13.0 Å². The Bertz CT molecular complexity index is 134. The van der Waals surface area contributed by atoms with E-state index in [4.69, 9.17) is 5.11 Å². The summed E-state index contributed by atoms with van der Waals surface area (Å²) in [5, 5.41) is 11.2. The van der Waals surface area contributed by atoms with Gasteiger partial charge in [0.15, 0.2) is 0 Å². The van der Waals surface area contributed by atoms with Crippen LogP contribution in [0.5, 0.6) is 0 Å². The van der Waals surface area contributed by atoms with Gasteiger partial charge in [-0.3, -0.25) is 4.79 Å². The molecule has 3 nitrogen and oxygen atoms in total. The van der Waals surface area contributed by atoms with Crippen LogP contribution in [-0.2, 0) is 4.79 Å². The molecular weight excluding hydrogens is 142 g/mol. The molecule has 0 aromatic heterocycles. The fraction of sp³-hybridized carbons (Fsp3) is 0.625. The number of amides is 1. The largest absolute Gasteiger partial charge is 0.396 e. The molecule has 64 valence electrons. The summed E-state index contributed by atoms with van der Waals surface area (Å²) in [6.45, 7) is 5.81. The second-order valence-electron chi connectivity index (χ2n) is 2.45. The van der Waals surface area contributed by atoms with Crippen LogP contribution >= 0.6 is 0 Å². The summed E-state index contributed by atoms with van der Waals surface area (Å²) < 4.78 is 0. The van der Waals surface area contributed by atoms with Gasteiger partial charge >= 0.3 is 0 Å². The Kier molecular flexibility index (Phi) is 5.47. The molecule has 0 aliphatic carbocycles. The fourth-order valence-electron chi connectivity index (χ4n) is 0.672. The molecule has 1 atom stereocenters. The first-order valence-electron chi connectivity index (χ1n) is 3.71. The highest BCUT2D eigenvalue weighted by molar-refractivity contribution is 5.78. The summed E-state index contributed by atoms with van der Waals surface area (Å²) in [6, 6.07) is 0. The van der Waals surface area contributed by atoms with Crippen LogP contribution < -0.4 is 5.32 Å². The maximum absolute atomic E-state index is 11.0. The molecule has 0 aromatic carbocycles. The predicted molar refractivity (Wildman–Crippen MR) is 44.1 cm³/mol. The standard InChI is InChI=1S/C8H15NO2/c1-3-5-9-8(11)7(2)4-6-10/h3,7,10H,1,4-6H2,2H3,(H,9,11). The van der Waals surface area contributed by atoms with E-state index in [0.717, 1.165) is 0 Å². The lowest BCUT2D eigenvalue weighted by Gasteiger charge is -2.08. The molecule has 11 heavy (non-hydrogen) atoms. The van der Waals surface area contributed by atoms with E-state index < -0.39 is 0 Å². The van der Waals surface area contributed by atoms with Crippen molar-refractivity contribution in [2.45, 2.75) is 13.3 Å². The Morgan fingerprint density at radius 2 is 2.45 bits per heavy atom. The van der Waals surface area contributed by atoms with Crippen molar-refractivity contribution >= 4 is 5.91 Å². The Balaban J connectivity index is 3.54. The van der Waals surface area contributed by atoms with Crippen molar-refractivity contribution in [2.24, 2.45) is 5.92 Å². The Morgan fingerprint density at radius 3 is 2.91 bits per heavy atom. The number of aliphatic hydroxyl groups excluding tert-OH is 1. The molecule has 0 fully saturated rings. The minimum absolute atomic E-state index is 0.0287. The van der Waals surface area contributed by atoms with Crippen molar-refractivity contribution < 1.29 is 9.90 Å². The molecule has 0 heterocycles. The summed E-state index contributed by atoms with van der Waals surface area (Å²) in [5.74, 6) is -0.140. The summed E-state index contributed by atoms with van der Waals surface area (Å²) in [5.41, 5.74) is 0. The topological polar surface area (TPSA) is 49.3 Å². The number of nitrogens with one attached hydrogen (secondary N) is 1. The van der Waals surface area contributed by atoms with E-state index in [1.54, 1.807) is 13.0 Å². The number of aliphatic hydroxyl groups is 1. The molecule has 0 aromatic rings. The number of hydrogen-bond donors (Lipinski definition) is 2. The van der Waals surface area contributed by atoms with Crippen molar-refractivity contribution in [1.29, 1.82) is 0 Å². The highest BCUT2D eigenvalue weighted by Crippen LogP contribution is 1.99. The van der Waals surface area contributed by atoms with Crippen molar-refractivity contribution in [3.8, 4) is 0 Å². The molecule has 0 rings (SSSR count).